The molecule has 2 heterocycles. The molecule has 4 nitrogen and oxygen atoms in total. The monoisotopic (exact) mass is 304 g/mol. The summed E-state index contributed by atoms with van der Waals surface area (Å²) in [6.45, 7) is 11.1. The van der Waals surface area contributed by atoms with Gasteiger partial charge in [0.25, 0.3) is 0 Å². The van der Waals surface area contributed by atoms with E-state index in [2.05, 4.69) is 47.0 Å². The summed E-state index contributed by atoms with van der Waals surface area (Å²) in [5, 5.41) is 6.74. The van der Waals surface area contributed by atoms with E-state index in [1.807, 2.05) is 12.3 Å². The molecule has 0 radical (unpaired) electrons. The first-order chi connectivity index (χ1) is 10.1. The van der Waals surface area contributed by atoms with Crippen LogP contribution >= 0.6 is 12.2 Å². The molecule has 0 aromatic carbocycles. The lowest BCUT2D eigenvalue weighted by molar-refractivity contribution is 0.355. The van der Waals surface area contributed by atoms with Gasteiger partial charge in [0.05, 0.1) is 11.9 Å². The van der Waals surface area contributed by atoms with Gasteiger partial charge in [-0.3, -0.25) is 0 Å². The van der Waals surface area contributed by atoms with E-state index in [0.29, 0.717) is 11.7 Å². The van der Waals surface area contributed by atoms with Gasteiger partial charge in [-0.15, -0.1) is 6.58 Å². The second-order valence-corrected chi connectivity index (χ2v) is 6.29. The van der Waals surface area contributed by atoms with Crippen LogP contribution in [-0.2, 0) is 0 Å². The Balaban J connectivity index is 1.95. The normalized spacial score (nSPS) is 21.7. The Kier molecular flexibility index (Phi) is 5.56. The number of rotatable bonds is 4. The lowest BCUT2D eigenvalue weighted by Gasteiger charge is -2.35. The van der Waals surface area contributed by atoms with Crippen molar-refractivity contribution in [2.24, 2.45) is 11.8 Å². The standard InChI is InChI=1S/C16H24N4S/c1-4-7-17-16(21)19-14-5-6-15(18-9-14)20-10-12(2)8-13(3)11-20/h4-6,9,12-13H,1,7-8,10-11H2,2-3H3,(H2,17,19,21)/t12-,13+. The van der Waals surface area contributed by atoms with E-state index in [0.717, 1.165) is 36.4 Å². The van der Waals surface area contributed by atoms with Crippen molar-refractivity contribution >= 4 is 28.8 Å². The topological polar surface area (TPSA) is 40.2 Å². The Morgan fingerprint density at radius 1 is 1.43 bits per heavy atom. The second kappa shape index (κ2) is 7.41. The molecule has 0 bridgehead atoms. The molecule has 1 saturated heterocycles. The lowest BCUT2D eigenvalue weighted by Crippen LogP contribution is -2.39. The van der Waals surface area contributed by atoms with Gasteiger partial charge in [-0.1, -0.05) is 19.9 Å². The van der Waals surface area contributed by atoms with E-state index in [1.54, 1.807) is 6.08 Å². The SMILES string of the molecule is C=CCNC(=S)Nc1ccc(N2C[C@H](C)C[C@H](C)C2)nc1. The van der Waals surface area contributed by atoms with Gasteiger partial charge in [0, 0.05) is 19.6 Å². The van der Waals surface area contributed by atoms with Crippen LogP contribution in [0.25, 0.3) is 0 Å². The van der Waals surface area contributed by atoms with Crippen molar-refractivity contribution in [3.8, 4) is 0 Å². The highest BCUT2D eigenvalue weighted by Gasteiger charge is 2.22. The Labute approximate surface area is 132 Å². The molecular formula is C16H24N4S. The largest absolute Gasteiger partial charge is 0.359 e. The number of anilines is 2. The number of hydrogen-bond donors (Lipinski definition) is 2. The fourth-order valence-electron chi connectivity index (χ4n) is 2.84. The Morgan fingerprint density at radius 2 is 2.14 bits per heavy atom. The Hall–Kier alpha value is -1.62. The maximum Gasteiger partial charge on any atom is 0.171 e. The van der Waals surface area contributed by atoms with Crippen molar-refractivity contribution in [2.75, 3.05) is 29.9 Å². The van der Waals surface area contributed by atoms with E-state index in [-0.39, 0.29) is 0 Å². The molecule has 114 valence electrons. The molecule has 1 aliphatic rings. The first kappa shape index (κ1) is 15.8. The predicted molar refractivity (Wildman–Crippen MR) is 93.8 cm³/mol. The molecule has 0 spiro atoms. The summed E-state index contributed by atoms with van der Waals surface area (Å²) in [5.74, 6) is 2.50. The first-order valence-electron chi connectivity index (χ1n) is 7.45. The summed E-state index contributed by atoms with van der Waals surface area (Å²) >= 11 is 5.18. The molecule has 21 heavy (non-hydrogen) atoms. The van der Waals surface area contributed by atoms with Gasteiger partial charge in [-0.25, -0.2) is 4.98 Å². The third-order valence-corrected chi connectivity index (χ3v) is 3.85. The van der Waals surface area contributed by atoms with Gasteiger partial charge in [0.2, 0.25) is 0 Å². The van der Waals surface area contributed by atoms with E-state index >= 15 is 0 Å². The zero-order valence-electron chi connectivity index (χ0n) is 12.8. The molecule has 1 aromatic rings. The van der Waals surface area contributed by atoms with Crippen LogP contribution in [0.15, 0.2) is 31.0 Å². The average Bonchev–Trinajstić information content (AvgIpc) is 2.45. The Morgan fingerprint density at radius 3 is 2.71 bits per heavy atom. The van der Waals surface area contributed by atoms with E-state index in [1.165, 1.54) is 6.42 Å². The molecular weight excluding hydrogens is 280 g/mol. The summed E-state index contributed by atoms with van der Waals surface area (Å²) in [7, 11) is 0. The minimum atomic E-state index is 0.588. The molecule has 2 N–H and O–H groups in total. The summed E-state index contributed by atoms with van der Waals surface area (Å²) in [4.78, 5) is 6.93. The summed E-state index contributed by atoms with van der Waals surface area (Å²) in [6.07, 6.45) is 4.91. The van der Waals surface area contributed by atoms with Gasteiger partial charge in [0.15, 0.2) is 5.11 Å². The van der Waals surface area contributed by atoms with Gasteiger partial charge >= 0.3 is 0 Å². The molecule has 0 saturated carbocycles. The van der Waals surface area contributed by atoms with E-state index < -0.39 is 0 Å². The highest BCUT2D eigenvalue weighted by atomic mass is 32.1. The van der Waals surface area contributed by atoms with Crippen LogP contribution in [0.5, 0.6) is 0 Å². The molecule has 0 amide bonds. The molecule has 1 aliphatic heterocycles. The molecule has 5 heteroatoms. The fraction of sp³-hybridized carbons (Fsp3) is 0.500. The number of nitrogens with one attached hydrogen (secondary N) is 2. The van der Waals surface area contributed by atoms with Crippen molar-refractivity contribution < 1.29 is 0 Å². The van der Waals surface area contributed by atoms with Crippen molar-refractivity contribution in [1.82, 2.24) is 10.3 Å². The van der Waals surface area contributed by atoms with Crippen LogP contribution < -0.4 is 15.5 Å². The minimum Gasteiger partial charge on any atom is -0.359 e. The van der Waals surface area contributed by atoms with Crippen molar-refractivity contribution in [3.05, 3.63) is 31.0 Å². The number of aromatic nitrogens is 1. The molecule has 2 atom stereocenters. The highest BCUT2D eigenvalue weighted by molar-refractivity contribution is 7.80. The molecule has 1 aromatic heterocycles. The summed E-state index contributed by atoms with van der Waals surface area (Å²) < 4.78 is 0. The third-order valence-electron chi connectivity index (χ3n) is 3.61. The maximum absolute atomic E-state index is 5.18. The maximum atomic E-state index is 5.18. The number of nitrogens with zero attached hydrogens (tertiary/aromatic N) is 2. The zero-order chi connectivity index (χ0) is 15.2. The number of thiocarbonyl (C=S) groups is 1. The number of piperidine rings is 1. The second-order valence-electron chi connectivity index (χ2n) is 5.88. The van der Waals surface area contributed by atoms with Gasteiger partial charge in [-0.2, -0.15) is 0 Å². The quantitative estimate of drug-likeness (QED) is 0.661. The Bertz CT molecular complexity index is 476. The number of hydrogen-bond acceptors (Lipinski definition) is 3. The van der Waals surface area contributed by atoms with Gasteiger partial charge in [-0.05, 0) is 42.6 Å². The molecule has 2 rings (SSSR count). The average molecular weight is 304 g/mol. The van der Waals surface area contributed by atoms with E-state index in [9.17, 15) is 0 Å². The van der Waals surface area contributed by atoms with Crippen LogP contribution in [0.3, 0.4) is 0 Å². The van der Waals surface area contributed by atoms with Crippen LogP contribution in [0.4, 0.5) is 11.5 Å². The molecule has 1 fully saturated rings. The van der Waals surface area contributed by atoms with Gasteiger partial charge < -0.3 is 15.5 Å². The van der Waals surface area contributed by atoms with Crippen LogP contribution in [0, 0.1) is 11.8 Å². The van der Waals surface area contributed by atoms with E-state index in [4.69, 9.17) is 12.2 Å². The summed E-state index contributed by atoms with van der Waals surface area (Å²) in [5.41, 5.74) is 0.901. The number of pyridine rings is 1. The van der Waals surface area contributed by atoms with Crippen molar-refractivity contribution in [2.45, 2.75) is 20.3 Å². The smallest absolute Gasteiger partial charge is 0.171 e. The highest BCUT2D eigenvalue weighted by Crippen LogP contribution is 2.25. The summed E-state index contributed by atoms with van der Waals surface area (Å²) in [6, 6.07) is 4.08. The first-order valence-corrected chi connectivity index (χ1v) is 7.86. The molecule has 0 unspecified atom stereocenters. The van der Waals surface area contributed by atoms with Crippen LogP contribution in [-0.4, -0.2) is 29.7 Å². The predicted octanol–water partition coefficient (Wildman–Crippen LogP) is 3.04. The van der Waals surface area contributed by atoms with Gasteiger partial charge in [0.1, 0.15) is 5.82 Å². The zero-order valence-corrected chi connectivity index (χ0v) is 13.6. The lowest BCUT2D eigenvalue weighted by atomic mass is 9.92. The van der Waals surface area contributed by atoms with Crippen molar-refractivity contribution in [3.63, 3.8) is 0 Å². The van der Waals surface area contributed by atoms with Crippen LogP contribution in [0.1, 0.15) is 20.3 Å². The fourth-order valence-corrected chi connectivity index (χ4v) is 3.04. The molecule has 0 aliphatic carbocycles. The third kappa shape index (κ3) is 4.70. The van der Waals surface area contributed by atoms with Crippen molar-refractivity contribution in [1.29, 1.82) is 0 Å². The van der Waals surface area contributed by atoms with Crippen LogP contribution in [0.2, 0.25) is 0 Å². The minimum absolute atomic E-state index is 0.588.